The number of benzene rings is 1. The first kappa shape index (κ1) is 13.8. The van der Waals surface area contributed by atoms with E-state index in [1.165, 1.54) is 0 Å². The van der Waals surface area contributed by atoms with E-state index < -0.39 is 0 Å². The van der Waals surface area contributed by atoms with Crippen molar-refractivity contribution in [3.63, 3.8) is 0 Å². The molecule has 1 amide bonds. The van der Waals surface area contributed by atoms with Gasteiger partial charge in [0.1, 0.15) is 0 Å². The molecule has 5 heteroatoms. The average molecular weight is 279 g/mol. The smallest absolute Gasteiger partial charge is 0.224 e. The minimum Gasteiger partial charge on any atom is -0.396 e. The second-order valence-electron chi connectivity index (χ2n) is 4.26. The molecule has 0 fully saturated rings. The number of anilines is 1. The molecular weight excluding hydrogens is 264 g/mol. The number of aromatic nitrogens is 1. The highest BCUT2D eigenvalue weighted by Crippen LogP contribution is 2.26. The number of aliphatic hydroxyl groups is 1. The zero-order valence-electron chi connectivity index (χ0n) is 10.4. The standard InChI is InChI=1S/C14H15ClN2O2/c15-11-8-10-4-3-6-16-14(10)12(9-11)17-13(19)5-1-2-7-18/h3-4,6,8-9,18H,1-2,5,7H2,(H,17,19). The number of halogens is 1. The van der Waals surface area contributed by atoms with Gasteiger partial charge in [0.05, 0.1) is 11.2 Å². The van der Waals surface area contributed by atoms with Gasteiger partial charge in [-0.1, -0.05) is 17.7 Å². The van der Waals surface area contributed by atoms with E-state index in [0.717, 1.165) is 10.9 Å². The molecule has 0 aliphatic carbocycles. The third-order valence-electron chi connectivity index (χ3n) is 2.76. The summed E-state index contributed by atoms with van der Waals surface area (Å²) >= 11 is 6.02. The molecule has 0 saturated heterocycles. The molecule has 0 aliphatic rings. The lowest BCUT2D eigenvalue weighted by Crippen LogP contribution is -2.12. The Morgan fingerprint density at radius 2 is 2.21 bits per heavy atom. The van der Waals surface area contributed by atoms with Crippen molar-refractivity contribution < 1.29 is 9.90 Å². The molecule has 0 bridgehead atoms. The fourth-order valence-electron chi connectivity index (χ4n) is 1.86. The van der Waals surface area contributed by atoms with Crippen molar-refractivity contribution in [2.45, 2.75) is 19.3 Å². The quantitative estimate of drug-likeness (QED) is 0.827. The van der Waals surface area contributed by atoms with Gasteiger partial charge in [0.15, 0.2) is 0 Å². The Balaban J connectivity index is 2.18. The Bertz CT molecular complexity index is 587. The SMILES string of the molecule is O=C(CCCCO)Nc1cc(Cl)cc2cccnc12. The number of hydrogen-bond acceptors (Lipinski definition) is 3. The van der Waals surface area contributed by atoms with Crippen LogP contribution in [0.15, 0.2) is 30.5 Å². The van der Waals surface area contributed by atoms with Gasteiger partial charge in [-0.3, -0.25) is 9.78 Å². The van der Waals surface area contributed by atoms with Crippen molar-refractivity contribution in [1.29, 1.82) is 0 Å². The van der Waals surface area contributed by atoms with Gasteiger partial charge >= 0.3 is 0 Å². The van der Waals surface area contributed by atoms with Gasteiger partial charge in [0.25, 0.3) is 0 Å². The van der Waals surface area contributed by atoms with Crippen molar-refractivity contribution in [1.82, 2.24) is 4.98 Å². The van der Waals surface area contributed by atoms with Crippen LogP contribution in [0.2, 0.25) is 5.02 Å². The van der Waals surface area contributed by atoms with Gasteiger partial charge in [-0.05, 0) is 31.0 Å². The van der Waals surface area contributed by atoms with Crippen LogP contribution in [0, 0.1) is 0 Å². The first-order chi connectivity index (χ1) is 9.20. The van der Waals surface area contributed by atoms with Crippen LogP contribution in [-0.4, -0.2) is 22.6 Å². The number of pyridine rings is 1. The molecule has 100 valence electrons. The van der Waals surface area contributed by atoms with E-state index in [9.17, 15) is 4.79 Å². The predicted molar refractivity (Wildman–Crippen MR) is 76.3 cm³/mol. The maximum atomic E-state index is 11.8. The lowest BCUT2D eigenvalue weighted by atomic mass is 10.2. The zero-order chi connectivity index (χ0) is 13.7. The third-order valence-corrected chi connectivity index (χ3v) is 2.97. The molecule has 2 aromatic rings. The van der Waals surface area contributed by atoms with Gasteiger partial charge in [0, 0.05) is 29.6 Å². The Morgan fingerprint density at radius 1 is 1.37 bits per heavy atom. The number of nitrogens with zero attached hydrogens (tertiary/aromatic N) is 1. The maximum absolute atomic E-state index is 11.8. The molecule has 0 radical (unpaired) electrons. The zero-order valence-corrected chi connectivity index (χ0v) is 11.2. The molecule has 1 aromatic heterocycles. The summed E-state index contributed by atoms with van der Waals surface area (Å²) in [5, 5.41) is 13.0. The molecule has 19 heavy (non-hydrogen) atoms. The summed E-state index contributed by atoms with van der Waals surface area (Å²) in [7, 11) is 0. The summed E-state index contributed by atoms with van der Waals surface area (Å²) in [6.07, 6.45) is 3.34. The lowest BCUT2D eigenvalue weighted by molar-refractivity contribution is -0.116. The van der Waals surface area contributed by atoms with Crippen LogP contribution < -0.4 is 5.32 Å². The van der Waals surface area contributed by atoms with Crippen LogP contribution >= 0.6 is 11.6 Å². The van der Waals surface area contributed by atoms with E-state index in [1.54, 1.807) is 12.3 Å². The number of rotatable bonds is 5. The van der Waals surface area contributed by atoms with Gasteiger partial charge in [0.2, 0.25) is 5.91 Å². The molecule has 1 heterocycles. The summed E-state index contributed by atoms with van der Waals surface area (Å²) in [5.74, 6) is -0.0948. The van der Waals surface area contributed by atoms with Crippen LogP contribution in [-0.2, 0) is 4.79 Å². The molecule has 0 spiro atoms. The lowest BCUT2D eigenvalue weighted by Gasteiger charge is -2.08. The van der Waals surface area contributed by atoms with Crippen molar-refractivity contribution in [2.75, 3.05) is 11.9 Å². The molecule has 4 nitrogen and oxygen atoms in total. The normalized spacial score (nSPS) is 10.6. The summed E-state index contributed by atoms with van der Waals surface area (Å²) in [4.78, 5) is 16.0. The third kappa shape index (κ3) is 3.66. The molecule has 2 N–H and O–H groups in total. The van der Waals surface area contributed by atoms with Crippen LogP contribution in [0.5, 0.6) is 0 Å². The number of unbranched alkanes of at least 4 members (excludes halogenated alkanes) is 1. The van der Waals surface area contributed by atoms with E-state index >= 15 is 0 Å². The monoisotopic (exact) mass is 278 g/mol. The van der Waals surface area contributed by atoms with E-state index in [4.69, 9.17) is 16.7 Å². The number of aliphatic hydroxyl groups excluding tert-OH is 1. The fourth-order valence-corrected chi connectivity index (χ4v) is 2.09. The Kier molecular flexibility index (Phi) is 4.71. The van der Waals surface area contributed by atoms with Crippen molar-refractivity contribution in [3.8, 4) is 0 Å². The first-order valence-corrected chi connectivity index (χ1v) is 6.53. The maximum Gasteiger partial charge on any atom is 0.224 e. The predicted octanol–water partition coefficient (Wildman–Crippen LogP) is 2.99. The summed E-state index contributed by atoms with van der Waals surface area (Å²) in [6, 6.07) is 7.23. The molecule has 0 saturated carbocycles. The molecule has 2 rings (SSSR count). The van der Waals surface area contributed by atoms with E-state index in [0.29, 0.717) is 30.0 Å². The van der Waals surface area contributed by atoms with Crippen LogP contribution in [0.25, 0.3) is 10.9 Å². The molecule has 0 aliphatic heterocycles. The Labute approximate surface area is 116 Å². The van der Waals surface area contributed by atoms with Gasteiger partial charge < -0.3 is 10.4 Å². The van der Waals surface area contributed by atoms with Crippen LogP contribution in [0.1, 0.15) is 19.3 Å². The van der Waals surface area contributed by atoms with Crippen LogP contribution in [0.4, 0.5) is 5.69 Å². The van der Waals surface area contributed by atoms with Gasteiger partial charge in [-0.25, -0.2) is 0 Å². The molecule has 1 aromatic carbocycles. The largest absolute Gasteiger partial charge is 0.396 e. The van der Waals surface area contributed by atoms with Crippen molar-refractivity contribution in [2.24, 2.45) is 0 Å². The Morgan fingerprint density at radius 3 is 3.00 bits per heavy atom. The Hall–Kier alpha value is -1.65. The number of carbonyl (C=O) groups is 1. The highest BCUT2D eigenvalue weighted by Gasteiger charge is 2.08. The second-order valence-corrected chi connectivity index (χ2v) is 4.69. The highest BCUT2D eigenvalue weighted by molar-refractivity contribution is 6.32. The minimum absolute atomic E-state index is 0.0948. The minimum atomic E-state index is -0.0948. The number of hydrogen-bond donors (Lipinski definition) is 2. The van der Waals surface area contributed by atoms with Gasteiger partial charge in [-0.2, -0.15) is 0 Å². The van der Waals surface area contributed by atoms with E-state index in [2.05, 4.69) is 10.3 Å². The molecular formula is C14H15ClN2O2. The summed E-state index contributed by atoms with van der Waals surface area (Å²) < 4.78 is 0. The van der Waals surface area contributed by atoms with E-state index in [-0.39, 0.29) is 12.5 Å². The second kappa shape index (κ2) is 6.50. The average Bonchev–Trinajstić information content (AvgIpc) is 2.39. The highest BCUT2D eigenvalue weighted by atomic mass is 35.5. The summed E-state index contributed by atoms with van der Waals surface area (Å²) in [6.45, 7) is 0.106. The fraction of sp³-hybridized carbons (Fsp3) is 0.286. The number of amides is 1. The van der Waals surface area contributed by atoms with Crippen LogP contribution in [0.3, 0.4) is 0 Å². The van der Waals surface area contributed by atoms with Crippen molar-refractivity contribution >= 4 is 34.1 Å². The summed E-state index contributed by atoms with van der Waals surface area (Å²) in [5.41, 5.74) is 1.35. The van der Waals surface area contributed by atoms with Crippen molar-refractivity contribution in [3.05, 3.63) is 35.5 Å². The van der Waals surface area contributed by atoms with Gasteiger partial charge in [-0.15, -0.1) is 0 Å². The number of nitrogens with one attached hydrogen (secondary N) is 1. The molecule has 0 atom stereocenters. The van der Waals surface area contributed by atoms with E-state index in [1.807, 2.05) is 18.2 Å². The first-order valence-electron chi connectivity index (χ1n) is 6.15. The number of fused-ring (bicyclic) bond motifs is 1. The molecule has 0 unspecified atom stereocenters. The number of carbonyl (C=O) groups excluding carboxylic acids is 1. The topological polar surface area (TPSA) is 62.2 Å².